The first-order valence-corrected chi connectivity index (χ1v) is 8.68. The Kier molecular flexibility index (Phi) is 4.14. The first-order chi connectivity index (χ1) is 12.6. The molecule has 26 heavy (non-hydrogen) atoms. The van der Waals surface area contributed by atoms with Gasteiger partial charge in [-0.25, -0.2) is 19.3 Å². The van der Waals surface area contributed by atoms with E-state index in [1.807, 2.05) is 24.3 Å². The van der Waals surface area contributed by atoms with Crippen LogP contribution in [0.2, 0.25) is 0 Å². The lowest BCUT2D eigenvalue weighted by atomic mass is 10.2. The molecule has 0 aliphatic heterocycles. The van der Waals surface area contributed by atoms with E-state index in [1.165, 1.54) is 41.9 Å². The van der Waals surface area contributed by atoms with Gasteiger partial charge in [0.15, 0.2) is 5.69 Å². The fourth-order valence-corrected chi connectivity index (χ4v) is 3.55. The first kappa shape index (κ1) is 16.3. The summed E-state index contributed by atoms with van der Waals surface area (Å²) >= 11 is 1.45. The summed E-state index contributed by atoms with van der Waals surface area (Å²) < 4.78 is 14.3. The van der Waals surface area contributed by atoms with Gasteiger partial charge in [-0.1, -0.05) is 12.1 Å². The van der Waals surface area contributed by atoms with Crippen LogP contribution in [0.25, 0.3) is 20.9 Å². The molecule has 2 aromatic carbocycles. The predicted octanol–water partition coefficient (Wildman–Crippen LogP) is 4.45. The van der Waals surface area contributed by atoms with Crippen LogP contribution in [-0.4, -0.2) is 20.9 Å². The van der Waals surface area contributed by atoms with E-state index in [4.69, 9.17) is 0 Å². The second kappa shape index (κ2) is 6.61. The summed E-state index contributed by atoms with van der Waals surface area (Å²) in [6, 6.07) is 11.9. The highest BCUT2D eigenvalue weighted by atomic mass is 32.1. The summed E-state index contributed by atoms with van der Waals surface area (Å²) in [6.45, 7) is 1.73. The number of anilines is 1. The standard InChI is InChI=1S/C19H13FN4OS/c1-11-10-12(20)6-7-13(11)23-18(25)16-17(22-9-8-21-16)19-24-14-4-2-3-5-15(14)26-19/h2-10H,1H3,(H,23,25). The molecule has 0 bridgehead atoms. The average molecular weight is 364 g/mol. The minimum Gasteiger partial charge on any atom is -0.320 e. The van der Waals surface area contributed by atoms with Crippen molar-refractivity contribution in [2.75, 3.05) is 5.32 Å². The second-order valence-electron chi connectivity index (χ2n) is 5.65. The van der Waals surface area contributed by atoms with Crippen molar-refractivity contribution < 1.29 is 9.18 Å². The van der Waals surface area contributed by atoms with E-state index in [1.54, 1.807) is 6.92 Å². The molecule has 0 radical (unpaired) electrons. The molecule has 0 saturated carbocycles. The van der Waals surface area contributed by atoms with Crippen molar-refractivity contribution >= 4 is 33.1 Å². The van der Waals surface area contributed by atoms with E-state index in [2.05, 4.69) is 20.3 Å². The number of carbonyl (C=O) groups excluding carboxylic acids is 1. The molecule has 5 nitrogen and oxygen atoms in total. The molecule has 0 aliphatic carbocycles. The van der Waals surface area contributed by atoms with Crippen molar-refractivity contribution in [3.8, 4) is 10.7 Å². The lowest BCUT2D eigenvalue weighted by Gasteiger charge is -2.09. The zero-order chi connectivity index (χ0) is 18.1. The molecule has 2 heterocycles. The van der Waals surface area contributed by atoms with Crippen LogP contribution in [0, 0.1) is 12.7 Å². The van der Waals surface area contributed by atoms with Gasteiger partial charge in [-0.15, -0.1) is 11.3 Å². The summed E-state index contributed by atoms with van der Waals surface area (Å²) in [5.74, 6) is -0.766. The number of para-hydroxylation sites is 1. The van der Waals surface area contributed by atoms with Gasteiger partial charge in [0.1, 0.15) is 16.5 Å². The fourth-order valence-electron chi connectivity index (χ4n) is 2.58. The van der Waals surface area contributed by atoms with E-state index in [-0.39, 0.29) is 11.5 Å². The molecule has 1 N–H and O–H groups in total. The second-order valence-corrected chi connectivity index (χ2v) is 6.68. The van der Waals surface area contributed by atoms with Gasteiger partial charge in [-0.2, -0.15) is 0 Å². The van der Waals surface area contributed by atoms with Crippen LogP contribution in [0.3, 0.4) is 0 Å². The molecule has 7 heteroatoms. The normalized spacial score (nSPS) is 10.8. The Balaban J connectivity index is 1.72. The van der Waals surface area contributed by atoms with Gasteiger partial charge in [-0.05, 0) is 42.8 Å². The zero-order valence-corrected chi connectivity index (χ0v) is 14.5. The molecule has 0 saturated heterocycles. The van der Waals surface area contributed by atoms with Crippen LogP contribution < -0.4 is 5.32 Å². The van der Waals surface area contributed by atoms with Crippen LogP contribution in [-0.2, 0) is 0 Å². The van der Waals surface area contributed by atoms with E-state index >= 15 is 0 Å². The molecule has 0 aliphatic rings. The van der Waals surface area contributed by atoms with Gasteiger partial charge in [-0.3, -0.25) is 4.79 Å². The van der Waals surface area contributed by atoms with Crippen LogP contribution in [0.15, 0.2) is 54.9 Å². The maximum absolute atomic E-state index is 13.3. The highest BCUT2D eigenvalue weighted by molar-refractivity contribution is 7.21. The number of aromatic nitrogens is 3. The molecule has 0 fully saturated rings. The molecule has 4 aromatic rings. The largest absolute Gasteiger partial charge is 0.320 e. The van der Waals surface area contributed by atoms with Gasteiger partial charge in [0, 0.05) is 18.1 Å². The van der Waals surface area contributed by atoms with Crippen LogP contribution in [0.1, 0.15) is 16.1 Å². The number of thiazole rings is 1. The third-order valence-corrected chi connectivity index (χ3v) is 4.89. The minimum atomic E-state index is -0.415. The molecule has 128 valence electrons. The summed E-state index contributed by atoms with van der Waals surface area (Å²) in [5, 5.41) is 3.39. The van der Waals surface area contributed by atoms with Crippen molar-refractivity contribution in [3.05, 3.63) is 71.9 Å². The van der Waals surface area contributed by atoms with E-state index in [0.29, 0.717) is 22.0 Å². The fraction of sp³-hybridized carbons (Fsp3) is 0.0526. The number of hydrogen-bond acceptors (Lipinski definition) is 5. The number of benzene rings is 2. The number of nitrogens with one attached hydrogen (secondary N) is 1. The third kappa shape index (κ3) is 3.04. The van der Waals surface area contributed by atoms with Crippen molar-refractivity contribution in [1.29, 1.82) is 0 Å². The number of rotatable bonds is 3. The number of halogens is 1. The van der Waals surface area contributed by atoms with Crippen LogP contribution in [0.4, 0.5) is 10.1 Å². The molecule has 1 amide bonds. The molecule has 2 aromatic heterocycles. The van der Waals surface area contributed by atoms with E-state index in [0.717, 1.165) is 10.2 Å². The quantitative estimate of drug-likeness (QED) is 0.583. The number of carbonyl (C=O) groups is 1. The van der Waals surface area contributed by atoms with Crippen molar-refractivity contribution in [2.45, 2.75) is 6.92 Å². The number of aryl methyl sites for hydroxylation is 1. The third-order valence-electron chi connectivity index (χ3n) is 3.85. The topological polar surface area (TPSA) is 67.8 Å². The van der Waals surface area contributed by atoms with Gasteiger partial charge in [0.05, 0.1) is 10.2 Å². The number of nitrogens with zero attached hydrogens (tertiary/aromatic N) is 3. The molecule has 0 atom stereocenters. The molecule has 0 spiro atoms. The first-order valence-electron chi connectivity index (χ1n) is 7.86. The Morgan fingerprint density at radius 1 is 1.12 bits per heavy atom. The Morgan fingerprint density at radius 3 is 2.73 bits per heavy atom. The number of amides is 1. The van der Waals surface area contributed by atoms with Gasteiger partial charge < -0.3 is 5.32 Å². The van der Waals surface area contributed by atoms with Crippen molar-refractivity contribution in [3.63, 3.8) is 0 Å². The monoisotopic (exact) mass is 364 g/mol. The van der Waals surface area contributed by atoms with Gasteiger partial charge >= 0.3 is 0 Å². The van der Waals surface area contributed by atoms with Crippen LogP contribution in [0.5, 0.6) is 0 Å². The zero-order valence-electron chi connectivity index (χ0n) is 13.7. The van der Waals surface area contributed by atoms with Gasteiger partial charge in [0.2, 0.25) is 0 Å². The summed E-state index contributed by atoms with van der Waals surface area (Å²) in [6.07, 6.45) is 2.99. The summed E-state index contributed by atoms with van der Waals surface area (Å²) in [7, 11) is 0. The number of fused-ring (bicyclic) bond motifs is 1. The smallest absolute Gasteiger partial charge is 0.276 e. The Hall–Kier alpha value is -3.19. The Labute approximate surface area is 152 Å². The molecular weight excluding hydrogens is 351 g/mol. The lowest BCUT2D eigenvalue weighted by molar-refractivity contribution is 0.102. The molecular formula is C19H13FN4OS. The van der Waals surface area contributed by atoms with E-state index < -0.39 is 5.91 Å². The number of hydrogen-bond donors (Lipinski definition) is 1. The van der Waals surface area contributed by atoms with Crippen molar-refractivity contribution in [2.24, 2.45) is 0 Å². The highest BCUT2D eigenvalue weighted by Crippen LogP contribution is 2.30. The Bertz CT molecular complexity index is 1090. The molecule has 4 rings (SSSR count). The lowest BCUT2D eigenvalue weighted by Crippen LogP contribution is -2.16. The summed E-state index contributed by atoms with van der Waals surface area (Å²) in [4.78, 5) is 25.8. The highest BCUT2D eigenvalue weighted by Gasteiger charge is 2.19. The summed E-state index contributed by atoms with van der Waals surface area (Å²) in [5.41, 5.74) is 2.60. The SMILES string of the molecule is Cc1cc(F)ccc1NC(=O)c1nccnc1-c1nc2ccccc2s1. The Morgan fingerprint density at radius 2 is 1.92 bits per heavy atom. The molecule has 0 unspecified atom stereocenters. The van der Waals surface area contributed by atoms with E-state index in [9.17, 15) is 9.18 Å². The van der Waals surface area contributed by atoms with Crippen molar-refractivity contribution in [1.82, 2.24) is 15.0 Å². The average Bonchev–Trinajstić information content (AvgIpc) is 3.08. The predicted molar refractivity (Wildman–Crippen MR) is 99.7 cm³/mol. The maximum Gasteiger partial charge on any atom is 0.276 e. The maximum atomic E-state index is 13.3. The van der Waals surface area contributed by atoms with Crippen LogP contribution >= 0.6 is 11.3 Å². The van der Waals surface area contributed by atoms with Gasteiger partial charge in [0.25, 0.3) is 5.91 Å². The minimum absolute atomic E-state index is 0.176.